The Labute approximate surface area is 163 Å². The predicted molar refractivity (Wildman–Crippen MR) is 102 cm³/mol. The van der Waals surface area contributed by atoms with Crippen molar-refractivity contribution < 1.29 is 28.9 Å². The molecule has 0 unspecified atom stereocenters. The van der Waals surface area contributed by atoms with Gasteiger partial charge in [0.1, 0.15) is 19.0 Å². The summed E-state index contributed by atoms with van der Waals surface area (Å²) in [6.07, 6.45) is 0. The first-order valence-corrected chi connectivity index (χ1v) is 9.09. The van der Waals surface area contributed by atoms with Crippen LogP contribution < -0.4 is 14.8 Å². The van der Waals surface area contributed by atoms with Crippen LogP contribution in [0.1, 0.15) is 35.8 Å². The van der Waals surface area contributed by atoms with Crippen molar-refractivity contribution in [3.8, 4) is 17.2 Å². The van der Waals surface area contributed by atoms with Gasteiger partial charge in [-0.25, -0.2) is 4.79 Å². The van der Waals surface area contributed by atoms with E-state index in [1.165, 1.54) is 24.3 Å². The highest BCUT2D eigenvalue weighted by Gasteiger charge is 2.22. The van der Waals surface area contributed by atoms with Gasteiger partial charge in [-0.1, -0.05) is 19.9 Å². The lowest BCUT2D eigenvalue weighted by Gasteiger charge is -2.25. The van der Waals surface area contributed by atoms with Crippen LogP contribution in [0.25, 0.3) is 0 Å². The zero-order chi connectivity index (χ0) is 20.1. The van der Waals surface area contributed by atoms with Crippen LogP contribution in [0.15, 0.2) is 42.5 Å². The molecule has 0 saturated heterocycles. The van der Waals surface area contributed by atoms with Crippen molar-refractivity contribution >= 4 is 11.9 Å². The van der Waals surface area contributed by atoms with E-state index in [0.717, 1.165) is 5.56 Å². The summed E-state index contributed by atoms with van der Waals surface area (Å²) in [4.78, 5) is 24.3. The zero-order valence-corrected chi connectivity index (χ0v) is 15.8. The molecule has 28 heavy (non-hydrogen) atoms. The van der Waals surface area contributed by atoms with Crippen LogP contribution in [0.4, 0.5) is 0 Å². The molecule has 7 nitrogen and oxygen atoms in total. The Morgan fingerprint density at radius 2 is 1.75 bits per heavy atom. The van der Waals surface area contributed by atoms with E-state index in [4.69, 9.17) is 14.2 Å². The van der Waals surface area contributed by atoms with E-state index >= 15 is 0 Å². The number of esters is 1. The summed E-state index contributed by atoms with van der Waals surface area (Å²) in [7, 11) is 0. The highest BCUT2D eigenvalue weighted by atomic mass is 16.6. The number of amides is 1. The molecule has 3 rings (SSSR count). The topological polar surface area (TPSA) is 94.1 Å². The molecule has 1 aliphatic rings. The van der Waals surface area contributed by atoms with E-state index in [1.807, 2.05) is 32.0 Å². The van der Waals surface area contributed by atoms with Crippen LogP contribution in [-0.4, -0.2) is 36.8 Å². The fraction of sp³-hybridized carbons (Fsp3) is 0.333. The van der Waals surface area contributed by atoms with Crippen LogP contribution in [0, 0.1) is 5.92 Å². The molecule has 0 aliphatic carbocycles. The molecule has 2 aromatic rings. The summed E-state index contributed by atoms with van der Waals surface area (Å²) in [5.41, 5.74) is 1.15. The normalized spacial score (nSPS) is 13.7. The second-order valence-corrected chi connectivity index (χ2v) is 6.82. The summed E-state index contributed by atoms with van der Waals surface area (Å²) < 4.78 is 16.2. The number of benzene rings is 2. The van der Waals surface area contributed by atoms with Crippen molar-refractivity contribution in [2.75, 3.05) is 19.8 Å². The molecular weight excluding hydrogens is 362 g/mol. The van der Waals surface area contributed by atoms with E-state index in [9.17, 15) is 14.7 Å². The van der Waals surface area contributed by atoms with E-state index < -0.39 is 18.5 Å². The fourth-order valence-corrected chi connectivity index (χ4v) is 2.92. The average Bonchev–Trinajstić information content (AvgIpc) is 2.70. The molecule has 0 aromatic heterocycles. The molecule has 148 valence electrons. The Morgan fingerprint density at radius 3 is 2.43 bits per heavy atom. The molecule has 0 radical (unpaired) electrons. The zero-order valence-electron chi connectivity index (χ0n) is 15.8. The van der Waals surface area contributed by atoms with E-state index in [0.29, 0.717) is 24.7 Å². The van der Waals surface area contributed by atoms with Crippen molar-refractivity contribution in [1.29, 1.82) is 0 Å². The number of carbonyl (C=O) groups excluding carboxylic acids is 2. The Balaban J connectivity index is 1.61. The number of carbonyl (C=O) groups is 2. The van der Waals surface area contributed by atoms with Crippen LogP contribution >= 0.6 is 0 Å². The standard InChI is InChI=1S/C21H23NO6/c1-13(2)20(15-5-8-17-18(11-15)27-10-9-26-17)22-19(24)12-28-21(25)14-3-6-16(23)7-4-14/h3-8,11,13,20,23H,9-10,12H2,1-2H3,(H,22,24)/t20-/m1/s1. The van der Waals surface area contributed by atoms with Gasteiger partial charge in [-0.2, -0.15) is 0 Å². The Morgan fingerprint density at radius 1 is 1.07 bits per heavy atom. The number of ether oxygens (including phenoxy) is 3. The fourth-order valence-electron chi connectivity index (χ4n) is 2.92. The molecule has 0 spiro atoms. The van der Waals surface area contributed by atoms with Crippen molar-refractivity contribution in [2.45, 2.75) is 19.9 Å². The minimum atomic E-state index is -0.629. The second kappa shape index (κ2) is 8.65. The van der Waals surface area contributed by atoms with Gasteiger partial charge in [0, 0.05) is 0 Å². The minimum absolute atomic E-state index is 0.0495. The van der Waals surface area contributed by atoms with Gasteiger partial charge in [-0.3, -0.25) is 4.79 Å². The molecule has 1 heterocycles. The molecule has 2 aromatic carbocycles. The Bertz CT molecular complexity index is 846. The second-order valence-electron chi connectivity index (χ2n) is 6.82. The number of rotatable bonds is 6. The summed E-state index contributed by atoms with van der Waals surface area (Å²) in [6.45, 7) is 4.59. The molecule has 2 N–H and O–H groups in total. The predicted octanol–water partition coefficient (Wildman–Crippen LogP) is 2.83. The van der Waals surface area contributed by atoms with Crippen molar-refractivity contribution in [2.24, 2.45) is 5.92 Å². The van der Waals surface area contributed by atoms with Crippen molar-refractivity contribution in [3.63, 3.8) is 0 Å². The molecule has 7 heteroatoms. The third-order valence-electron chi connectivity index (χ3n) is 4.35. The molecule has 1 amide bonds. The SMILES string of the molecule is CC(C)[C@@H](NC(=O)COC(=O)c1ccc(O)cc1)c1ccc2c(c1)OCCO2. The quantitative estimate of drug-likeness (QED) is 0.743. The Hall–Kier alpha value is -3.22. The molecule has 0 bridgehead atoms. The smallest absolute Gasteiger partial charge is 0.338 e. The maximum atomic E-state index is 12.3. The Kier molecular flexibility index (Phi) is 6.03. The number of hydrogen-bond donors (Lipinski definition) is 2. The van der Waals surface area contributed by atoms with Crippen LogP contribution in [0.2, 0.25) is 0 Å². The van der Waals surface area contributed by atoms with Crippen molar-refractivity contribution in [3.05, 3.63) is 53.6 Å². The maximum Gasteiger partial charge on any atom is 0.338 e. The first-order chi connectivity index (χ1) is 13.4. The van der Waals surface area contributed by atoms with Gasteiger partial charge in [-0.15, -0.1) is 0 Å². The first-order valence-electron chi connectivity index (χ1n) is 9.09. The summed E-state index contributed by atoms with van der Waals surface area (Å²) in [6, 6.07) is 10.9. The number of hydrogen-bond acceptors (Lipinski definition) is 6. The maximum absolute atomic E-state index is 12.3. The first kappa shape index (κ1) is 19.5. The van der Waals surface area contributed by atoms with Crippen LogP contribution in [-0.2, 0) is 9.53 Å². The van der Waals surface area contributed by atoms with Crippen LogP contribution in [0.5, 0.6) is 17.2 Å². The lowest BCUT2D eigenvalue weighted by molar-refractivity contribution is -0.125. The third-order valence-corrected chi connectivity index (χ3v) is 4.35. The van der Waals surface area contributed by atoms with E-state index in [-0.39, 0.29) is 23.3 Å². The minimum Gasteiger partial charge on any atom is -0.508 e. The van der Waals surface area contributed by atoms with Gasteiger partial charge in [-0.05, 0) is 47.9 Å². The monoisotopic (exact) mass is 385 g/mol. The highest BCUT2D eigenvalue weighted by molar-refractivity contribution is 5.91. The van der Waals surface area contributed by atoms with Gasteiger partial charge in [0.25, 0.3) is 5.91 Å². The largest absolute Gasteiger partial charge is 0.508 e. The molecular formula is C21H23NO6. The summed E-state index contributed by atoms with van der Waals surface area (Å²) >= 11 is 0. The average molecular weight is 385 g/mol. The van der Waals surface area contributed by atoms with Crippen molar-refractivity contribution in [1.82, 2.24) is 5.32 Å². The number of nitrogens with one attached hydrogen (secondary N) is 1. The highest BCUT2D eigenvalue weighted by Crippen LogP contribution is 2.34. The number of phenolic OH excluding ortho intramolecular Hbond substituents is 1. The van der Waals surface area contributed by atoms with Gasteiger partial charge >= 0.3 is 5.97 Å². The molecule has 0 fully saturated rings. The van der Waals surface area contributed by atoms with Crippen LogP contribution in [0.3, 0.4) is 0 Å². The van der Waals surface area contributed by atoms with Gasteiger partial charge in [0.2, 0.25) is 0 Å². The number of phenols is 1. The van der Waals surface area contributed by atoms with Gasteiger partial charge in [0.15, 0.2) is 18.1 Å². The molecule has 0 saturated carbocycles. The summed E-state index contributed by atoms with van der Waals surface area (Å²) in [5.74, 6) is 0.471. The third kappa shape index (κ3) is 4.73. The van der Waals surface area contributed by atoms with E-state index in [2.05, 4.69) is 5.32 Å². The number of fused-ring (bicyclic) bond motifs is 1. The molecule has 1 aliphatic heterocycles. The summed E-state index contributed by atoms with van der Waals surface area (Å²) in [5, 5.41) is 12.2. The van der Waals surface area contributed by atoms with E-state index in [1.54, 1.807) is 0 Å². The lowest BCUT2D eigenvalue weighted by atomic mass is 9.95. The lowest BCUT2D eigenvalue weighted by Crippen LogP contribution is -2.35. The van der Waals surface area contributed by atoms with Gasteiger partial charge in [0.05, 0.1) is 11.6 Å². The molecule has 1 atom stereocenters. The van der Waals surface area contributed by atoms with Gasteiger partial charge < -0.3 is 24.6 Å². The number of aromatic hydroxyl groups is 1.